The predicted octanol–water partition coefficient (Wildman–Crippen LogP) is 1.66. The van der Waals surface area contributed by atoms with Crippen molar-refractivity contribution < 1.29 is 14.4 Å². The molecule has 3 aliphatic heterocycles. The number of carbonyl (C=O) groups excluding carboxylic acids is 3. The fourth-order valence-electron chi connectivity index (χ4n) is 4.83. The number of aromatic nitrogens is 1. The first kappa shape index (κ1) is 20.1. The quantitative estimate of drug-likeness (QED) is 0.689. The topological polar surface area (TPSA) is 94.6 Å². The molecule has 162 valence electrons. The molecule has 8 nitrogen and oxygen atoms in total. The lowest BCUT2D eigenvalue weighted by molar-refractivity contribution is -0.136. The Bertz CT molecular complexity index is 1000. The van der Waals surface area contributed by atoms with Crippen LogP contribution in [0.3, 0.4) is 0 Å². The molecule has 0 radical (unpaired) electrons. The molecule has 2 N–H and O–H groups in total. The number of fused-ring (bicyclic) bond motifs is 1. The third-order valence-electron chi connectivity index (χ3n) is 6.39. The average Bonchev–Trinajstić information content (AvgIpc) is 3.42. The van der Waals surface area contributed by atoms with Gasteiger partial charge in [0.15, 0.2) is 5.13 Å². The Labute approximate surface area is 184 Å². The molecular formula is C22H25N5O3S. The summed E-state index contributed by atoms with van der Waals surface area (Å²) in [4.78, 5) is 45.8. The molecule has 3 amide bonds. The fraction of sp³-hybridized carbons (Fsp3) is 0.455. The number of imide groups is 1. The zero-order chi connectivity index (χ0) is 21.4. The molecular weight excluding hydrogens is 414 g/mol. The van der Waals surface area contributed by atoms with Crippen LogP contribution in [0.2, 0.25) is 0 Å². The molecule has 0 spiro atoms. The van der Waals surface area contributed by atoms with Crippen LogP contribution in [0.15, 0.2) is 29.8 Å². The zero-order valence-corrected chi connectivity index (χ0v) is 18.0. The van der Waals surface area contributed by atoms with Crippen LogP contribution < -0.4 is 15.5 Å². The lowest BCUT2D eigenvalue weighted by Gasteiger charge is -2.35. The minimum absolute atomic E-state index is 0.121. The van der Waals surface area contributed by atoms with Crippen molar-refractivity contribution in [1.82, 2.24) is 20.5 Å². The summed E-state index contributed by atoms with van der Waals surface area (Å²) in [5.74, 6) is -0.769. The molecule has 5 rings (SSSR count). The Kier molecular flexibility index (Phi) is 5.45. The van der Waals surface area contributed by atoms with E-state index in [0.717, 1.165) is 42.2 Å². The van der Waals surface area contributed by atoms with Crippen molar-refractivity contribution >= 4 is 34.2 Å². The van der Waals surface area contributed by atoms with Crippen molar-refractivity contribution in [2.75, 3.05) is 18.0 Å². The van der Waals surface area contributed by atoms with E-state index in [1.165, 1.54) is 0 Å². The Morgan fingerprint density at radius 2 is 2.00 bits per heavy atom. The van der Waals surface area contributed by atoms with E-state index in [-0.39, 0.29) is 24.1 Å². The molecule has 4 heterocycles. The van der Waals surface area contributed by atoms with Crippen LogP contribution in [0.1, 0.15) is 47.2 Å². The summed E-state index contributed by atoms with van der Waals surface area (Å²) in [6.45, 7) is 2.96. The van der Waals surface area contributed by atoms with Gasteiger partial charge in [-0.1, -0.05) is 18.2 Å². The SMILES string of the molecule is O=C1CCC(N2Cc3cccc(CN(c4nccs4)C4CCNCC4)c3C2=O)C(=O)N1. The molecule has 1 aromatic heterocycles. The summed E-state index contributed by atoms with van der Waals surface area (Å²) >= 11 is 1.62. The second-order valence-electron chi connectivity index (χ2n) is 8.27. The van der Waals surface area contributed by atoms with Crippen LogP contribution in [0.25, 0.3) is 0 Å². The molecule has 2 fully saturated rings. The van der Waals surface area contributed by atoms with Gasteiger partial charge in [0.2, 0.25) is 11.8 Å². The summed E-state index contributed by atoms with van der Waals surface area (Å²) in [5, 5.41) is 8.73. The molecule has 0 saturated carbocycles. The number of anilines is 1. The summed E-state index contributed by atoms with van der Waals surface area (Å²) in [5.41, 5.74) is 2.60. The van der Waals surface area contributed by atoms with Gasteiger partial charge in [-0.3, -0.25) is 19.7 Å². The van der Waals surface area contributed by atoms with Crippen LogP contribution in [0, 0.1) is 0 Å². The number of nitrogens with one attached hydrogen (secondary N) is 2. The zero-order valence-electron chi connectivity index (χ0n) is 17.2. The van der Waals surface area contributed by atoms with Crippen LogP contribution in [-0.4, -0.2) is 52.8 Å². The summed E-state index contributed by atoms with van der Waals surface area (Å²) < 4.78 is 0. The van der Waals surface area contributed by atoms with Gasteiger partial charge < -0.3 is 15.1 Å². The van der Waals surface area contributed by atoms with Gasteiger partial charge in [-0.25, -0.2) is 4.98 Å². The molecule has 1 unspecified atom stereocenters. The highest BCUT2D eigenvalue weighted by atomic mass is 32.1. The second-order valence-corrected chi connectivity index (χ2v) is 9.15. The third kappa shape index (κ3) is 3.83. The number of hydrogen-bond acceptors (Lipinski definition) is 7. The van der Waals surface area contributed by atoms with Gasteiger partial charge in [-0.2, -0.15) is 0 Å². The molecule has 1 atom stereocenters. The number of carbonyl (C=O) groups is 3. The highest BCUT2D eigenvalue weighted by molar-refractivity contribution is 7.13. The first-order chi connectivity index (χ1) is 15.1. The maximum Gasteiger partial charge on any atom is 0.255 e. The van der Waals surface area contributed by atoms with Gasteiger partial charge in [-0.05, 0) is 43.5 Å². The first-order valence-electron chi connectivity index (χ1n) is 10.7. The number of thiazole rings is 1. The maximum atomic E-state index is 13.4. The lowest BCUT2D eigenvalue weighted by Crippen LogP contribution is -2.52. The van der Waals surface area contributed by atoms with Crippen LogP contribution >= 0.6 is 11.3 Å². The molecule has 31 heavy (non-hydrogen) atoms. The Hall–Kier alpha value is -2.78. The molecule has 1 aromatic carbocycles. The summed E-state index contributed by atoms with van der Waals surface area (Å²) in [6, 6.07) is 5.72. The van der Waals surface area contributed by atoms with Gasteiger partial charge in [0.1, 0.15) is 6.04 Å². The number of piperidine rings is 2. The highest BCUT2D eigenvalue weighted by Crippen LogP contribution is 2.33. The van der Waals surface area contributed by atoms with Crippen molar-refractivity contribution in [2.45, 2.75) is 50.9 Å². The predicted molar refractivity (Wildman–Crippen MR) is 117 cm³/mol. The van der Waals surface area contributed by atoms with Gasteiger partial charge in [0.05, 0.1) is 0 Å². The van der Waals surface area contributed by atoms with Crippen molar-refractivity contribution in [1.29, 1.82) is 0 Å². The third-order valence-corrected chi connectivity index (χ3v) is 7.20. The fourth-order valence-corrected chi connectivity index (χ4v) is 5.55. The molecule has 9 heteroatoms. The average molecular weight is 440 g/mol. The van der Waals surface area contributed by atoms with E-state index in [1.807, 2.05) is 29.8 Å². The minimum atomic E-state index is -0.593. The van der Waals surface area contributed by atoms with Gasteiger partial charge in [0.25, 0.3) is 5.91 Å². The van der Waals surface area contributed by atoms with Crippen molar-refractivity contribution in [3.63, 3.8) is 0 Å². The molecule has 3 aliphatic rings. The smallest absolute Gasteiger partial charge is 0.255 e. The summed E-state index contributed by atoms with van der Waals surface area (Å²) in [7, 11) is 0. The van der Waals surface area contributed by atoms with Crippen molar-refractivity contribution in [3.05, 3.63) is 46.5 Å². The van der Waals surface area contributed by atoms with E-state index in [2.05, 4.69) is 20.5 Å². The van der Waals surface area contributed by atoms with Gasteiger partial charge >= 0.3 is 0 Å². The maximum absolute atomic E-state index is 13.4. The van der Waals surface area contributed by atoms with E-state index < -0.39 is 6.04 Å². The highest BCUT2D eigenvalue weighted by Gasteiger charge is 2.40. The second kappa shape index (κ2) is 8.39. The Morgan fingerprint density at radius 1 is 1.16 bits per heavy atom. The number of benzene rings is 1. The Balaban J connectivity index is 1.42. The molecule has 2 saturated heterocycles. The van der Waals surface area contributed by atoms with Crippen molar-refractivity contribution in [3.8, 4) is 0 Å². The van der Waals surface area contributed by atoms with Crippen molar-refractivity contribution in [2.24, 2.45) is 0 Å². The number of rotatable bonds is 5. The van der Waals surface area contributed by atoms with E-state index in [4.69, 9.17) is 0 Å². The monoisotopic (exact) mass is 439 g/mol. The van der Waals surface area contributed by atoms with E-state index >= 15 is 0 Å². The normalized spacial score (nSPS) is 21.9. The van der Waals surface area contributed by atoms with Gasteiger partial charge in [-0.15, -0.1) is 11.3 Å². The van der Waals surface area contributed by atoms with Gasteiger partial charge in [0, 0.05) is 42.7 Å². The number of amides is 3. The minimum Gasteiger partial charge on any atom is -0.341 e. The van der Waals surface area contributed by atoms with Crippen LogP contribution in [-0.2, 0) is 22.7 Å². The summed E-state index contributed by atoms with van der Waals surface area (Å²) in [6.07, 6.45) is 4.52. The standard InChI is InChI=1S/C22H25N5O3S/c28-18-5-4-17(20(29)25-18)27-13-15-3-1-2-14(19(15)21(27)30)12-26(22-24-10-11-31-22)16-6-8-23-9-7-16/h1-3,10-11,16-17,23H,4-9,12-13H2,(H,25,28,29). The number of nitrogens with zero attached hydrogens (tertiary/aromatic N) is 3. The van der Waals surface area contributed by atoms with Crippen LogP contribution in [0.5, 0.6) is 0 Å². The first-order valence-corrected chi connectivity index (χ1v) is 11.6. The number of hydrogen-bond donors (Lipinski definition) is 2. The van der Waals surface area contributed by atoms with Crippen LogP contribution in [0.4, 0.5) is 5.13 Å². The lowest BCUT2D eigenvalue weighted by atomic mass is 10.00. The van der Waals surface area contributed by atoms with E-state index in [9.17, 15) is 14.4 Å². The molecule has 0 aliphatic carbocycles. The molecule has 0 bridgehead atoms. The Morgan fingerprint density at radius 3 is 2.74 bits per heavy atom. The van der Waals surface area contributed by atoms with E-state index in [0.29, 0.717) is 31.1 Å². The van der Waals surface area contributed by atoms with E-state index in [1.54, 1.807) is 16.2 Å². The largest absolute Gasteiger partial charge is 0.341 e. The molecule has 2 aromatic rings.